The molecule has 1 spiro atoms. The molecule has 1 saturated carbocycles. The van der Waals surface area contributed by atoms with Gasteiger partial charge in [0, 0.05) is 42.1 Å². The van der Waals surface area contributed by atoms with Crippen molar-refractivity contribution in [3.8, 4) is 11.1 Å². The lowest BCUT2D eigenvalue weighted by atomic mass is 9.63. The van der Waals surface area contributed by atoms with Crippen LogP contribution in [0.4, 0.5) is 10.1 Å². The van der Waals surface area contributed by atoms with Gasteiger partial charge >= 0.3 is 5.97 Å². The number of pyridine rings is 1. The minimum atomic E-state index is -1.26. The lowest BCUT2D eigenvalue weighted by molar-refractivity contribution is -0.160. The fourth-order valence-corrected chi connectivity index (χ4v) is 6.53. The second kappa shape index (κ2) is 12.1. The average molecular weight is 588 g/mol. The van der Waals surface area contributed by atoms with Crippen LogP contribution in [0.25, 0.3) is 11.1 Å². The molecule has 1 amide bonds. The maximum atomic E-state index is 15.6. The average Bonchev–Trinajstić information content (AvgIpc) is 2.94. The summed E-state index contributed by atoms with van der Waals surface area (Å²) >= 11 is 0. The van der Waals surface area contributed by atoms with E-state index < -0.39 is 29.4 Å². The van der Waals surface area contributed by atoms with Crippen LogP contribution in [0.3, 0.4) is 0 Å². The summed E-state index contributed by atoms with van der Waals surface area (Å²) in [6.07, 6.45) is 4.53. The Hall–Kier alpha value is -3.78. The van der Waals surface area contributed by atoms with E-state index in [-0.39, 0.29) is 12.1 Å². The van der Waals surface area contributed by atoms with Gasteiger partial charge in [-0.25, -0.2) is 9.18 Å². The number of aromatic nitrogens is 1. The van der Waals surface area contributed by atoms with E-state index in [0.717, 1.165) is 37.2 Å². The highest BCUT2D eigenvalue weighted by Gasteiger charge is 2.42. The monoisotopic (exact) mass is 587 g/mol. The van der Waals surface area contributed by atoms with Gasteiger partial charge in [0.25, 0.3) is 5.91 Å². The summed E-state index contributed by atoms with van der Waals surface area (Å²) in [5.74, 6) is -2.25. The van der Waals surface area contributed by atoms with Crippen molar-refractivity contribution >= 4 is 17.6 Å². The molecule has 5 rings (SSSR count). The number of hydrogen-bond donors (Lipinski definition) is 2. The highest BCUT2D eigenvalue weighted by Crippen LogP contribution is 2.51. The number of amides is 1. The summed E-state index contributed by atoms with van der Waals surface area (Å²) in [4.78, 5) is 32.6. The molecule has 2 aliphatic rings. The lowest BCUT2D eigenvalue weighted by Crippen LogP contribution is -2.44. The predicted molar refractivity (Wildman–Crippen MR) is 166 cm³/mol. The SMILES string of the molecule is Cc1nc(C)c([C@H](OC(C)(C)C)C(=O)O)c(N2CCC3(CCC3)CC2)c1-c1ccc(C(=O)NCc2ccccc2)c(F)c1. The summed E-state index contributed by atoms with van der Waals surface area (Å²) < 4.78 is 21.8. The molecule has 0 unspecified atom stereocenters. The Bertz CT molecular complexity index is 1500. The van der Waals surface area contributed by atoms with Crippen molar-refractivity contribution < 1.29 is 23.8 Å². The zero-order chi connectivity index (χ0) is 30.9. The van der Waals surface area contributed by atoms with Gasteiger partial charge in [-0.15, -0.1) is 0 Å². The number of hydrogen-bond acceptors (Lipinski definition) is 5. The van der Waals surface area contributed by atoms with E-state index in [1.807, 2.05) is 65.0 Å². The number of nitrogens with one attached hydrogen (secondary N) is 1. The number of carboxylic acids is 1. The van der Waals surface area contributed by atoms with Crippen LogP contribution in [0.15, 0.2) is 48.5 Å². The van der Waals surface area contributed by atoms with Gasteiger partial charge in [-0.2, -0.15) is 0 Å². The zero-order valence-corrected chi connectivity index (χ0v) is 25.8. The first-order valence-corrected chi connectivity index (χ1v) is 15.2. The number of carbonyl (C=O) groups is 2. The Balaban J connectivity index is 1.57. The number of halogens is 1. The minimum Gasteiger partial charge on any atom is -0.479 e. The molecule has 7 nitrogen and oxygen atoms in total. The van der Waals surface area contributed by atoms with Crippen LogP contribution in [0.5, 0.6) is 0 Å². The highest BCUT2D eigenvalue weighted by molar-refractivity contribution is 5.95. The number of nitrogens with zero attached hydrogens (tertiary/aromatic N) is 2. The second-order valence-corrected chi connectivity index (χ2v) is 13.1. The number of carbonyl (C=O) groups excluding carboxylic acids is 1. The smallest absolute Gasteiger partial charge is 0.337 e. The predicted octanol–water partition coefficient (Wildman–Crippen LogP) is 7.15. The molecule has 1 atom stereocenters. The molecular weight excluding hydrogens is 545 g/mol. The topological polar surface area (TPSA) is 91.8 Å². The van der Waals surface area contributed by atoms with Gasteiger partial charge in [-0.1, -0.05) is 42.8 Å². The van der Waals surface area contributed by atoms with Gasteiger partial charge in [0.2, 0.25) is 0 Å². The summed E-state index contributed by atoms with van der Waals surface area (Å²) in [6.45, 7) is 11.0. The third-order valence-electron chi connectivity index (χ3n) is 8.89. The van der Waals surface area contributed by atoms with Crippen molar-refractivity contribution in [2.24, 2.45) is 5.41 Å². The van der Waals surface area contributed by atoms with E-state index in [1.165, 1.54) is 31.4 Å². The van der Waals surface area contributed by atoms with Crippen molar-refractivity contribution in [3.05, 3.63) is 82.4 Å². The molecule has 8 heteroatoms. The first-order chi connectivity index (χ1) is 20.4. The van der Waals surface area contributed by atoms with E-state index >= 15 is 4.39 Å². The summed E-state index contributed by atoms with van der Waals surface area (Å²) in [5.41, 5.74) is 4.21. The Morgan fingerprint density at radius 3 is 2.28 bits per heavy atom. The molecule has 1 aromatic heterocycles. The fraction of sp³-hybridized carbons (Fsp3) is 0.457. The Morgan fingerprint density at radius 2 is 1.72 bits per heavy atom. The summed E-state index contributed by atoms with van der Waals surface area (Å²) in [5, 5.41) is 13.2. The molecule has 2 N–H and O–H groups in total. The molecule has 0 bridgehead atoms. The fourth-order valence-electron chi connectivity index (χ4n) is 6.53. The summed E-state index contributed by atoms with van der Waals surface area (Å²) in [7, 11) is 0. The normalized spacial score (nSPS) is 16.9. The molecular formula is C35H42FN3O4. The van der Waals surface area contributed by atoms with Crippen molar-refractivity contribution in [2.45, 2.75) is 85.0 Å². The quantitative estimate of drug-likeness (QED) is 0.291. The molecule has 228 valence electrons. The second-order valence-electron chi connectivity index (χ2n) is 13.1. The lowest BCUT2D eigenvalue weighted by Gasteiger charge is -2.49. The largest absolute Gasteiger partial charge is 0.479 e. The summed E-state index contributed by atoms with van der Waals surface area (Å²) in [6, 6.07) is 14.0. The number of piperidine rings is 1. The minimum absolute atomic E-state index is 0.0523. The molecule has 0 radical (unpaired) electrons. The Labute approximate surface area is 253 Å². The van der Waals surface area contributed by atoms with Gasteiger partial charge in [0.1, 0.15) is 5.82 Å². The van der Waals surface area contributed by atoms with Crippen LogP contribution in [0, 0.1) is 25.1 Å². The van der Waals surface area contributed by atoms with Crippen LogP contribution in [0.2, 0.25) is 0 Å². The molecule has 2 aromatic carbocycles. The van der Waals surface area contributed by atoms with E-state index in [9.17, 15) is 14.7 Å². The Morgan fingerprint density at radius 1 is 1.05 bits per heavy atom. The molecule has 2 fully saturated rings. The van der Waals surface area contributed by atoms with E-state index in [2.05, 4.69) is 10.2 Å². The van der Waals surface area contributed by atoms with E-state index in [4.69, 9.17) is 9.72 Å². The number of rotatable bonds is 8. The molecule has 43 heavy (non-hydrogen) atoms. The maximum absolute atomic E-state index is 15.6. The van der Waals surface area contributed by atoms with E-state index in [1.54, 1.807) is 6.07 Å². The molecule has 1 aliphatic carbocycles. The number of benzene rings is 2. The van der Waals surface area contributed by atoms with Gasteiger partial charge in [0.05, 0.1) is 16.9 Å². The van der Waals surface area contributed by atoms with Crippen LogP contribution < -0.4 is 10.2 Å². The number of carboxylic acid groups (broad SMARTS) is 1. The van der Waals surface area contributed by atoms with Gasteiger partial charge in [0.15, 0.2) is 6.10 Å². The number of ether oxygens (including phenoxy) is 1. The third kappa shape index (κ3) is 6.59. The molecule has 2 heterocycles. The van der Waals surface area contributed by atoms with Gasteiger partial charge < -0.3 is 20.1 Å². The number of anilines is 1. The highest BCUT2D eigenvalue weighted by atomic mass is 19.1. The first-order valence-electron chi connectivity index (χ1n) is 15.2. The molecule has 3 aromatic rings. The van der Waals surface area contributed by atoms with Crippen molar-refractivity contribution in [3.63, 3.8) is 0 Å². The maximum Gasteiger partial charge on any atom is 0.337 e. The van der Waals surface area contributed by atoms with Gasteiger partial charge in [-0.05, 0) is 89.0 Å². The standard InChI is InChI=1S/C35H42FN3O4/c1-22-28(25-12-13-26(27(36)20-25)32(40)37-21-24-10-7-6-8-11-24)30(39-18-16-35(17-19-39)14-9-15-35)29(23(2)38-22)31(33(41)42)43-34(3,4)5/h6-8,10-13,20,31H,9,14-19,21H2,1-5H3,(H,37,40)(H,41,42)/t31-/m0/s1. The zero-order valence-electron chi connectivity index (χ0n) is 25.8. The van der Waals surface area contributed by atoms with Gasteiger partial charge in [-0.3, -0.25) is 9.78 Å². The van der Waals surface area contributed by atoms with Crippen molar-refractivity contribution in [1.29, 1.82) is 0 Å². The molecule has 1 aliphatic heterocycles. The van der Waals surface area contributed by atoms with Crippen LogP contribution in [0.1, 0.15) is 91.9 Å². The van der Waals surface area contributed by atoms with Crippen LogP contribution in [-0.2, 0) is 16.1 Å². The number of aryl methyl sites for hydroxylation is 2. The van der Waals surface area contributed by atoms with Crippen LogP contribution >= 0.6 is 0 Å². The Kier molecular flexibility index (Phi) is 8.61. The first kappa shape index (κ1) is 30.7. The van der Waals surface area contributed by atoms with Crippen LogP contribution in [-0.4, -0.2) is 40.7 Å². The van der Waals surface area contributed by atoms with E-state index in [0.29, 0.717) is 33.5 Å². The van der Waals surface area contributed by atoms with Crippen molar-refractivity contribution in [2.75, 3.05) is 18.0 Å². The molecule has 1 saturated heterocycles. The van der Waals surface area contributed by atoms with Crippen molar-refractivity contribution in [1.82, 2.24) is 10.3 Å². The third-order valence-corrected chi connectivity index (χ3v) is 8.89. The number of aliphatic carboxylic acids is 1.